The van der Waals surface area contributed by atoms with Gasteiger partial charge in [0.05, 0.1) is 29.5 Å². The van der Waals surface area contributed by atoms with Crippen LogP contribution in [0.15, 0.2) is 21.4 Å². The molecule has 0 bridgehead atoms. The van der Waals surface area contributed by atoms with Gasteiger partial charge in [-0.15, -0.1) is 0 Å². The fourth-order valence-electron chi connectivity index (χ4n) is 1.07. The Bertz CT molecular complexity index is 435. The highest BCUT2D eigenvalue weighted by Crippen LogP contribution is 2.13. The van der Waals surface area contributed by atoms with Gasteiger partial charge in [0.2, 0.25) is 0 Å². The molecule has 86 valence electrons. The van der Waals surface area contributed by atoms with E-state index < -0.39 is 17.6 Å². The summed E-state index contributed by atoms with van der Waals surface area (Å²) >= 11 is 1.53. The minimum absolute atomic E-state index is 0.144. The Morgan fingerprint density at radius 3 is 2.75 bits per heavy atom. The van der Waals surface area contributed by atoms with E-state index in [1.807, 2.05) is 0 Å². The van der Waals surface area contributed by atoms with Gasteiger partial charge >= 0.3 is 5.97 Å². The number of hydrogen-bond acceptors (Lipinski definition) is 3. The lowest BCUT2D eigenvalue weighted by Gasteiger charge is -2.05. The van der Waals surface area contributed by atoms with Crippen LogP contribution in [0.1, 0.15) is 12.5 Å². The largest absolute Gasteiger partial charge is 0.461 e. The molecule has 0 saturated carbocycles. The second-order valence-electron chi connectivity index (χ2n) is 2.78. The van der Waals surface area contributed by atoms with Gasteiger partial charge in [-0.2, -0.15) is 0 Å². The molecule has 0 saturated heterocycles. The van der Waals surface area contributed by atoms with Crippen LogP contribution in [-0.2, 0) is 9.53 Å². The Morgan fingerprint density at radius 1 is 1.50 bits per heavy atom. The molecule has 16 heavy (non-hydrogen) atoms. The summed E-state index contributed by atoms with van der Waals surface area (Å²) in [4.78, 5) is 11.4. The maximum atomic E-state index is 13.3. The van der Waals surface area contributed by atoms with Crippen LogP contribution >= 0.6 is 22.9 Å². The number of carbonyl (C=O) groups excluding carboxylic acids is 1. The highest BCUT2D eigenvalue weighted by atomic mass is 127. The molecule has 6 heteroatoms. The van der Waals surface area contributed by atoms with Crippen molar-refractivity contribution in [3.8, 4) is 0 Å². The lowest BCUT2D eigenvalue weighted by atomic mass is 10.1. The molecule has 0 aromatic heterocycles. The van der Waals surface area contributed by atoms with E-state index in [0.717, 1.165) is 18.2 Å². The second-order valence-corrected chi connectivity index (χ2v) is 3.26. The molecule has 0 spiro atoms. The van der Waals surface area contributed by atoms with Crippen LogP contribution in [-0.4, -0.2) is 18.3 Å². The van der Waals surface area contributed by atoms with Gasteiger partial charge in [0.15, 0.2) is 5.71 Å². The monoisotopic (exact) mass is 339 g/mol. The number of hydrogen-bond donors (Lipinski definition) is 0. The maximum absolute atomic E-state index is 13.3. The zero-order valence-electron chi connectivity index (χ0n) is 8.34. The van der Waals surface area contributed by atoms with E-state index in [9.17, 15) is 13.6 Å². The van der Waals surface area contributed by atoms with Gasteiger partial charge in [-0.3, -0.25) is 0 Å². The van der Waals surface area contributed by atoms with Gasteiger partial charge in [-0.25, -0.2) is 16.8 Å². The predicted octanol–water partition coefficient (Wildman–Crippen LogP) is 2.67. The second kappa shape index (κ2) is 5.88. The molecule has 1 aromatic carbocycles. The predicted molar refractivity (Wildman–Crippen MR) is 63.5 cm³/mol. The fraction of sp³-hybridized carbons (Fsp3) is 0.200. The number of esters is 1. The molecular weight excluding hydrogens is 331 g/mol. The van der Waals surface area contributed by atoms with Crippen LogP contribution in [0.25, 0.3) is 0 Å². The van der Waals surface area contributed by atoms with Gasteiger partial charge in [0.25, 0.3) is 0 Å². The van der Waals surface area contributed by atoms with Crippen LogP contribution in [0.2, 0.25) is 0 Å². The highest BCUT2D eigenvalue weighted by Gasteiger charge is 2.19. The molecule has 0 fully saturated rings. The number of benzene rings is 1. The van der Waals surface area contributed by atoms with Crippen molar-refractivity contribution in [2.75, 3.05) is 6.61 Å². The molecule has 0 amide bonds. The minimum Gasteiger partial charge on any atom is -0.461 e. The summed E-state index contributed by atoms with van der Waals surface area (Å²) in [5, 5.41) is 0. The van der Waals surface area contributed by atoms with Crippen LogP contribution in [0.3, 0.4) is 0 Å². The molecule has 0 aliphatic heterocycles. The van der Waals surface area contributed by atoms with Crippen molar-refractivity contribution in [3.05, 3.63) is 35.4 Å². The van der Waals surface area contributed by atoms with E-state index in [2.05, 4.69) is 7.94 Å². The average Bonchev–Trinajstić information content (AvgIpc) is 2.24. The minimum atomic E-state index is -0.776. The average molecular weight is 339 g/mol. The van der Waals surface area contributed by atoms with Gasteiger partial charge in [0, 0.05) is 5.56 Å². The Labute approximate surface area is 105 Å². The Balaban J connectivity index is 3.14. The zero-order valence-corrected chi connectivity index (χ0v) is 10.5. The Hall–Kier alpha value is -1.05. The van der Waals surface area contributed by atoms with Crippen molar-refractivity contribution in [2.45, 2.75) is 6.92 Å². The van der Waals surface area contributed by atoms with Crippen molar-refractivity contribution in [1.29, 1.82) is 0 Å². The number of rotatable bonds is 3. The summed E-state index contributed by atoms with van der Waals surface area (Å²) in [6.45, 7) is 1.76. The van der Waals surface area contributed by atoms with E-state index in [4.69, 9.17) is 0 Å². The standard InChI is InChI=1S/C10H8F2INO2/c1-2-16-10(15)9(14-13)7-5-6(11)3-4-8(7)12/h3-5H,2H2,1H3/b14-9-. The molecule has 3 nitrogen and oxygen atoms in total. The van der Waals surface area contributed by atoms with Crippen molar-refractivity contribution in [2.24, 2.45) is 3.21 Å². The quantitative estimate of drug-likeness (QED) is 0.483. The summed E-state index contributed by atoms with van der Waals surface area (Å²) in [6.07, 6.45) is 0. The lowest BCUT2D eigenvalue weighted by molar-refractivity contribution is -0.134. The van der Waals surface area contributed by atoms with Crippen LogP contribution < -0.4 is 0 Å². The molecule has 1 rings (SSSR count). The molecule has 0 heterocycles. The molecule has 0 aliphatic carbocycles. The first kappa shape index (κ1) is 13.0. The summed E-state index contributed by atoms with van der Waals surface area (Å²) in [5.74, 6) is -2.13. The topological polar surface area (TPSA) is 38.7 Å². The summed E-state index contributed by atoms with van der Waals surface area (Å²) in [5.41, 5.74) is -0.438. The van der Waals surface area contributed by atoms with Crippen LogP contribution in [0.5, 0.6) is 0 Å². The molecule has 0 radical (unpaired) electrons. The van der Waals surface area contributed by atoms with Crippen molar-refractivity contribution in [3.63, 3.8) is 0 Å². The number of carbonyl (C=O) groups is 1. The third kappa shape index (κ3) is 2.97. The molecular formula is C10H8F2INO2. The summed E-state index contributed by atoms with van der Waals surface area (Å²) < 4.78 is 34.5. The van der Waals surface area contributed by atoms with E-state index in [-0.39, 0.29) is 17.9 Å². The first-order valence-electron chi connectivity index (χ1n) is 4.41. The van der Waals surface area contributed by atoms with E-state index in [1.54, 1.807) is 6.92 Å². The Kier molecular flexibility index (Phi) is 4.78. The molecule has 0 aliphatic rings. The van der Waals surface area contributed by atoms with Crippen LogP contribution in [0, 0.1) is 11.6 Å². The van der Waals surface area contributed by atoms with E-state index in [0.29, 0.717) is 0 Å². The maximum Gasteiger partial charge on any atom is 0.358 e. The Morgan fingerprint density at radius 2 is 2.19 bits per heavy atom. The number of ether oxygens (including phenoxy) is 1. The molecule has 0 atom stereocenters. The highest BCUT2D eigenvalue weighted by molar-refractivity contribution is 14.1. The SMILES string of the molecule is CCOC(=O)/C(=N\I)c1cc(F)ccc1F. The van der Waals surface area contributed by atoms with Gasteiger partial charge in [-0.05, 0) is 25.1 Å². The lowest BCUT2D eigenvalue weighted by Crippen LogP contribution is -2.19. The first-order chi connectivity index (χ1) is 7.60. The summed E-state index contributed by atoms with van der Waals surface area (Å²) in [7, 11) is 0. The van der Waals surface area contributed by atoms with Gasteiger partial charge in [0.1, 0.15) is 11.6 Å². The molecule has 0 N–H and O–H groups in total. The van der Waals surface area contributed by atoms with Crippen LogP contribution in [0.4, 0.5) is 8.78 Å². The summed E-state index contributed by atoms with van der Waals surface area (Å²) in [6, 6.07) is 2.81. The molecule has 0 unspecified atom stereocenters. The van der Waals surface area contributed by atoms with Gasteiger partial charge in [-0.1, -0.05) is 0 Å². The smallest absolute Gasteiger partial charge is 0.358 e. The normalized spacial score (nSPS) is 11.4. The molecule has 1 aromatic rings. The first-order valence-corrected chi connectivity index (χ1v) is 5.38. The third-order valence-electron chi connectivity index (χ3n) is 1.74. The fourth-order valence-corrected chi connectivity index (χ4v) is 1.53. The van der Waals surface area contributed by atoms with E-state index >= 15 is 0 Å². The number of halogens is 3. The zero-order chi connectivity index (χ0) is 12.1. The number of nitrogens with zero attached hydrogens (tertiary/aromatic N) is 1. The third-order valence-corrected chi connectivity index (χ3v) is 2.22. The van der Waals surface area contributed by atoms with Crippen molar-refractivity contribution in [1.82, 2.24) is 0 Å². The van der Waals surface area contributed by atoms with Gasteiger partial charge < -0.3 is 4.74 Å². The van der Waals surface area contributed by atoms with Crippen molar-refractivity contribution < 1.29 is 18.3 Å². The van der Waals surface area contributed by atoms with Crippen molar-refractivity contribution >= 4 is 34.5 Å². The van der Waals surface area contributed by atoms with E-state index in [1.165, 1.54) is 22.9 Å².